The molecule has 1 heterocycles. The average Bonchev–Trinajstić information content (AvgIpc) is 2.99. The van der Waals surface area contributed by atoms with Crippen molar-refractivity contribution in [3.63, 3.8) is 0 Å². The first kappa shape index (κ1) is 19.1. The Balaban J connectivity index is 1.63. The Hall–Kier alpha value is -2.67. The van der Waals surface area contributed by atoms with Gasteiger partial charge in [0.2, 0.25) is 0 Å². The van der Waals surface area contributed by atoms with E-state index >= 15 is 0 Å². The molecule has 0 unspecified atom stereocenters. The second kappa shape index (κ2) is 8.35. The molecule has 142 valence electrons. The van der Waals surface area contributed by atoms with Crippen molar-refractivity contribution in [2.45, 2.75) is 20.0 Å². The zero-order valence-electron chi connectivity index (χ0n) is 14.9. The number of carbonyl (C=O) groups is 1. The standard InChI is InChI=1S/C20H19F2NO3S/c1-12-14-5-3-4-6-17(14)27-18(12)19(24)23-10-9-13-7-8-15(26-20(21)22)16(11-13)25-2/h3-8,11,20H,9-10H2,1-2H3,(H,23,24). The molecule has 0 fully saturated rings. The molecule has 0 atom stereocenters. The number of nitrogens with one attached hydrogen (secondary N) is 1. The van der Waals surface area contributed by atoms with Crippen LogP contribution in [0.15, 0.2) is 42.5 Å². The molecule has 0 aliphatic heterocycles. The van der Waals surface area contributed by atoms with Crippen molar-refractivity contribution >= 4 is 27.3 Å². The van der Waals surface area contributed by atoms with E-state index in [4.69, 9.17) is 4.74 Å². The lowest BCUT2D eigenvalue weighted by Gasteiger charge is -2.11. The van der Waals surface area contributed by atoms with E-state index in [-0.39, 0.29) is 17.4 Å². The van der Waals surface area contributed by atoms with Gasteiger partial charge in [0.25, 0.3) is 5.91 Å². The number of rotatable bonds is 7. The van der Waals surface area contributed by atoms with Crippen LogP contribution in [0.2, 0.25) is 0 Å². The van der Waals surface area contributed by atoms with E-state index in [1.165, 1.54) is 24.5 Å². The highest BCUT2D eigenvalue weighted by Gasteiger charge is 2.15. The second-order valence-corrected chi connectivity index (χ2v) is 6.97. The number of carbonyl (C=O) groups excluding carboxylic acids is 1. The monoisotopic (exact) mass is 391 g/mol. The summed E-state index contributed by atoms with van der Waals surface area (Å²) in [5.41, 5.74) is 1.82. The molecule has 1 amide bonds. The average molecular weight is 391 g/mol. The predicted octanol–water partition coefficient (Wildman–Crippen LogP) is 4.79. The first-order chi connectivity index (χ1) is 13.0. The fourth-order valence-electron chi connectivity index (χ4n) is 2.85. The van der Waals surface area contributed by atoms with Crippen LogP contribution >= 0.6 is 11.3 Å². The summed E-state index contributed by atoms with van der Waals surface area (Å²) in [6, 6.07) is 12.7. The number of hydrogen-bond acceptors (Lipinski definition) is 4. The van der Waals surface area contributed by atoms with Gasteiger partial charge in [0, 0.05) is 11.2 Å². The van der Waals surface area contributed by atoms with E-state index in [2.05, 4.69) is 10.1 Å². The molecular weight excluding hydrogens is 372 g/mol. The fourth-order valence-corrected chi connectivity index (χ4v) is 3.98. The van der Waals surface area contributed by atoms with Crippen molar-refractivity contribution in [3.8, 4) is 11.5 Å². The Morgan fingerprint density at radius 1 is 1.19 bits per heavy atom. The highest BCUT2D eigenvalue weighted by Crippen LogP contribution is 2.31. The van der Waals surface area contributed by atoms with Gasteiger partial charge in [-0.3, -0.25) is 4.79 Å². The van der Waals surface area contributed by atoms with Crippen LogP contribution in [0.5, 0.6) is 11.5 Å². The lowest BCUT2D eigenvalue weighted by molar-refractivity contribution is -0.0512. The van der Waals surface area contributed by atoms with Crippen LogP contribution in [-0.2, 0) is 6.42 Å². The summed E-state index contributed by atoms with van der Waals surface area (Å²) < 4.78 is 35.3. The third-order valence-electron chi connectivity index (χ3n) is 4.19. The molecule has 3 rings (SSSR count). The minimum absolute atomic E-state index is 0.0128. The van der Waals surface area contributed by atoms with Crippen LogP contribution in [0.25, 0.3) is 10.1 Å². The van der Waals surface area contributed by atoms with Gasteiger partial charge in [0.15, 0.2) is 11.5 Å². The van der Waals surface area contributed by atoms with Crippen LogP contribution < -0.4 is 14.8 Å². The van der Waals surface area contributed by atoms with Gasteiger partial charge in [-0.15, -0.1) is 11.3 Å². The van der Waals surface area contributed by atoms with Crippen molar-refractivity contribution in [3.05, 3.63) is 58.5 Å². The molecule has 0 aliphatic rings. The minimum Gasteiger partial charge on any atom is -0.493 e. The van der Waals surface area contributed by atoms with Crippen molar-refractivity contribution in [2.75, 3.05) is 13.7 Å². The summed E-state index contributed by atoms with van der Waals surface area (Å²) in [6.45, 7) is -0.543. The number of fused-ring (bicyclic) bond motifs is 1. The van der Waals surface area contributed by atoms with E-state index in [1.807, 2.05) is 31.2 Å². The van der Waals surface area contributed by atoms with E-state index in [0.717, 1.165) is 21.2 Å². The molecule has 0 radical (unpaired) electrons. The number of thiophene rings is 1. The molecule has 1 aromatic heterocycles. The van der Waals surface area contributed by atoms with Crippen LogP contribution in [0, 0.1) is 6.92 Å². The maximum Gasteiger partial charge on any atom is 0.387 e. The Kier molecular flexibility index (Phi) is 5.91. The molecular formula is C20H19F2NO3S. The van der Waals surface area contributed by atoms with Gasteiger partial charge in [-0.25, -0.2) is 0 Å². The second-order valence-electron chi connectivity index (χ2n) is 5.92. The zero-order chi connectivity index (χ0) is 19.4. The molecule has 0 saturated carbocycles. The fraction of sp³-hybridized carbons (Fsp3) is 0.250. The van der Waals surface area contributed by atoms with Crippen molar-refractivity contribution in [1.29, 1.82) is 0 Å². The number of alkyl halides is 2. The molecule has 0 bridgehead atoms. The molecule has 7 heteroatoms. The Labute approximate surface area is 159 Å². The summed E-state index contributed by atoms with van der Waals surface area (Å²) in [6.07, 6.45) is 0.543. The molecule has 2 aromatic carbocycles. The van der Waals surface area contributed by atoms with E-state index < -0.39 is 6.61 Å². The summed E-state index contributed by atoms with van der Waals surface area (Å²) in [5.74, 6) is 0.110. The molecule has 0 spiro atoms. The number of aryl methyl sites for hydroxylation is 1. The Bertz CT molecular complexity index is 956. The smallest absolute Gasteiger partial charge is 0.387 e. The number of amides is 1. The molecule has 1 N–H and O–H groups in total. The minimum atomic E-state index is -2.91. The molecule has 27 heavy (non-hydrogen) atoms. The van der Waals surface area contributed by atoms with Gasteiger partial charge in [-0.2, -0.15) is 8.78 Å². The van der Waals surface area contributed by atoms with Crippen molar-refractivity contribution in [2.24, 2.45) is 0 Å². The van der Waals surface area contributed by atoms with Crippen LogP contribution in [0.4, 0.5) is 8.78 Å². The molecule has 4 nitrogen and oxygen atoms in total. The topological polar surface area (TPSA) is 47.6 Å². The van der Waals surface area contributed by atoms with Crippen molar-refractivity contribution < 1.29 is 23.0 Å². The van der Waals surface area contributed by atoms with Gasteiger partial charge < -0.3 is 14.8 Å². The maximum absolute atomic E-state index is 12.5. The highest BCUT2D eigenvalue weighted by molar-refractivity contribution is 7.21. The molecule has 3 aromatic rings. The summed E-state index contributed by atoms with van der Waals surface area (Å²) >= 11 is 1.47. The van der Waals surface area contributed by atoms with Gasteiger partial charge in [-0.1, -0.05) is 24.3 Å². The normalized spacial score (nSPS) is 11.0. The maximum atomic E-state index is 12.5. The van der Waals surface area contributed by atoms with E-state index in [9.17, 15) is 13.6 Å². The first-order valence-corrected chi connectivity index (χ1v) is 9.19. The van der Waals surface area contributed by atoms with Crippen LogP contribution in [0.3, 0.4) is 0 Å². The summed E-state index contributed by atoms with van der Waals surface area (Å²) in [7, 11) is 1.39. The van der Waals surface area contributed by atoms with Gasteiger partial charge in [0.05, 0.1) is 12.0 Å². The van der Waals surface area contributed by atoms with Gasteiger partial charge >= 0.3 is 6.61 Å². The van der Waals surface area contributed by atoms with E-state index in [0.29, 0.717) is 17.8 Å². The van der Waals surface area contributed by atoms with Gasteiger partial charge in [-0.05, 0) is 48.1 Å². The zero-order valence-corrected chi connectivity index (χ0v) is 15.7. The van der Waals surface area contributed by atoms with E-state index in [1.54, 1.807) is 12.1 Å². The number of halogens is 2. The largest absolute Gasteiger partial charge is 0.493 e. The lowest BCUT2D eigenvalue weighted by atomic mass is 10.1. The SMILES string of the molecule is COc1cc(CCNC(=O)c2sc3ccccc3c2C)ccc1OC(F)F. The molecule has 0 aliphatic carbocycles. The van der Waals surface area contributed by atoms with Gasteiger partial charge in [0.1, 0.15) is 0 Å². The predicted molar refractivity (Wildman–Crippen MR) is 102 cm³/mol. The Morgan fingerprint density at radius 3 is 2.67 bits per heavy atom. The van der Waals surface area contributed by atoms with Crippen LogP contribution in [0.1, 0.15) is 20.8 Å². The highest BCUT2D eigenvalue weighted by atomic mass is 32.1. The number of methoxy groups -OCH3 is 1. The summed E-state index contributed by atoms with van der Waals surface area (Å²) in [5, 5.41) is 4.00. The third-order valence-corrected chi connectivity index (χ3v) is 5.46. The number of benzene rings is 2. The van der Waals surface area contributed by atoms with Crippen LogP contribution in [-0.4, -0.2) is 26.2 Å². The first-order valence-electron chi connectivity index (χ1n) is 8.37. The molecule has 0 saturated heterocycles. The number of hydrogen-bond donors (Lipinski definition) is 1. The lowest BCUT2D eigenvalue weighted by Crippen LogP contribution is -2.25. The third kappa shape index (κ3) is 4.36. The number of ether oxygens (including phenoxy) is 2. The summed E-state index contributed by atoms with van der Waals surface area (Å²) in [4.78, 5) is 13.2. The van der Waals surface area contributed by atoms with Crippen molar-refractivity contribution in [1.82, 2.24) is 5.32 Å². The quantitative estimate of drug-likeness (QED) is 0.630. The Morgan fingerprint density at radius 2 is 1.96 bits per heavy atom.